The second kappa shape index (κ2) is 8.38. The number of hydrogen-bond acceptors (Lipinski definition) is 7. The molecule has 0 saturated carbocycles. The van der Waals surface area contributed by atoms with Gasteiger partial charge in [-0.2, -0.15) is 4.31 Å². The van der Waals surface area contributed by atoms with Crippen LogP contribution in [-0.4, -0.2) is 68.9 Å². The predicted octanol–water partition coefficient (Wildman–Crippen LogP) is 0.647. The topological polar surface area (TPSA) is 100 Å². The van der Waals surface area contributed by atoms with E-state index in [1.807, 2.05) is 0 Å². The number of thioether (sulfide) groups is 1. The van der Waals surface area contributed by atoms with Crippen LogP contribution in [0.2, 0.25) is 0 Å². The van der Waals surface area contributed by atoms with Crippen molar-refractivity contribution in [2.75, 3.05) is 50.5 Å². The monoisotopic (exact) mass is 398 g/mol. The van der Waals surface area contributed by atoms with Gasteiger partial charge in [0.05, 0.1) is 30.4 Å². The molecule has 1 amide bonds. The molecule has 26 heavy (non-hydrogen) atoms. The fourth-order valence-corrected chi connectivity index (χ4v) is 5.07. The van der Waals surface area contributed by atoms with Gasteiger partial charge in [0.15, 0.2) is 5.17 Å². The smallest absolute Gasteiger partial charge is 0.243 e. The molecule has 0 spiro atoms. The Hall–Kier alpha value is -1.62. The third-order valence-corrected chi connectivity index (χ3v) is 7.04. The number of morpholine rings is 1. The first-order valence-corrected chi connectivity index (χ1v) is 10.8. The summed E-state index contributed by atoms with van der Waals surface area (Å²) in [6, 6.07) is 4.94. The number of anilines is 1. The van der Waals surface area contributed by atoms with Crippen LogP contribution in [0.15, 0.2) is 28.1 Å². The van der Waals surface area contributed by atoms with Gasteiger partial charge in [-0.3, -0.25) is 9.79 Å². The molecule has 0 aromatic heterocycles. The van der Waals surface area contributed by atoms with E-state index in [2.05, 4.69) is 15.6 Å². The minimum Gasteiger partial charge on any atom is -0.379 e. The van der Waals surface area contributed by atoms with Crippen molar-refractivity contribution in [1.29, 1.82) is 0 Å². The van der Waals surface area contributed by atoms with Crippen molar-refractivity contribution < 1.29 is 17.9 Å². The molecule has 2 N–H and O–H groups in total. The fraction of sp³-hybridized carbons (Fsp3) is 0.500. The van der Waals surface area contributed by atoms with E-state index in [0.717, 1.165) is 18.3 Å². The molecule has 0 bridgehead atoms. The zero-order valence-corrected chi connectivity index (χ0v) is 16.2. The first-order valence-electron chi connectivity index (χ1n) is 8.36. The Morgan fingerprint density at radius 3 is 2.85 bits per heavy atom. The molecule has 3 rings (SSSR count). The van der Waals surface area contributed by atoms with Crippen LogP contribution in [0.1, 0.15) is 5.56 Å². The van der Waals surface area contributed by atoms with Gasteiger partial charge in [-0.05, 0) is 24.6 Å². The summed E-state index contributed by atoms with van der Waals surface area (Å²) in [5.41, 5.74) is 1.11. The summed E-state index contributed by atoms with van der Waals surface area (Å²) >= 11 is 1.33. The molecule has 2 heterocycles. The predicted molar refractivity (Wildman–Crippen MR) is 102 cm³/mol. The van der Waals surface area contributed by atoms with Gasteiger partial charge in [0, 0.05) is 25.3 Å². The highest BCUT2D eigenvalue weighted by atomic mass is 32.2. The summed E-state index contributed by atoms with van der Waals surface area (Å²) < 4.78 is 32.4. The molecule has 142 valence electrons. The lowest BCUT2D eigenvalue weighted by molar-refractivity contribution is -0.113. The number of sulfonamides is 1. The molecule has 1 fully saturated rings. The van der Waals surface area contributed by atoms with Crippen molar-refractivity contribution in [1.82, 2.24) is 9.62 Å². The molecule has 0 aliphatic carbocycles. The van der Waals surface area contributed by atoms with Gasteiger partial charge in [0.25, 0.3) is 0 Å². The molecule has 2 aliphatic rings. The molecule has 2 aliphatic heterocycles. The van der Waals surface area contributed by atoms with E-state index in [4.69, 9.17) is 4.74 Å². The summed E-state index contributed by atoms with van der Waals surface area (Å²) in [5.74, 6) is 0.00982. The highest BCUT2D eigenvalue weighted by Crippen LogP contribution is 2.24. The third-order valence-electron chi connectivity index (χ3n) is 4.04. The number of amidine groups is 1. The van der Waals surface area contributed by atoms with E-state index in [1.165, 1.54) is 22.1 Å². The SMILES string of the molecule is Cc1ccc(NC(=O)CSC2=NCCN2)cc1S(=O)(=O)N1CCOCC1. The van der Waals surface area contributed by atoms with E-state index in [1.54, 1.807) is 19.1 Å². The van der Waals surface area contributed by atoms with Gasteiger partial charge in [0.2, 0.25) is 15.9 Å². The third kappa shape index (κ3) is 4.56. The van der Waals surface area contributed by atoms with Crippen molar-refractivity contribution in [2.24, 2.45) is 4.99 Å². The minimum atomic E-state index is -3.61. The highest BCUT2D eigenvalue weighted by Gasteiger charge is 2.28. The zero-order chi connectivity index (χ0) is 18.6. The van der Waals surface area contributed by atoms with Crippen LogP contribution in [-0.2, 0) is 19.6 Å². The summed E-state index contributed by atoms with van der Waals surface area (Å²) in [4.78, 5) is 16.6. The number of amides is 1. The van der Waals surface area contributed by atoms with E-state index in [0.29, 0.717) is 37.6 Å². The Morgan fingerprint density at radius 2 is 2.15 bits per heavy atom. The molecule has 1 aromatic rings. The zero-order valence-electron chi connectivity index (χ0n) is 14.5. The molecule has 0 unspecified atom stereocenters. The van der Waals surface area contributed by atoms with Gasteiger partial charge >= 0.3 is 0 Å². The van der Waals surface area contributed by atoms with Crippen LogP contribution < -0.4 is 10.6 Å². The van der Waals surface area contributed by atoms with Gasteiger partial charge in [-0.25, -0.2) is 8.42 Å². The standard InChI is InChI=1S/C16H22N4O4S2/c1-12-2-3-13(19-15(21)11-25-16-17-4-5-18-16)10-14(12)26(22,23)20-6-8-24-9-7-20/h2-3,10H,4-9,11H2,1H3,(H,17,18)(H,19,21). The number of nitrogens with one attached hydrogen (secondary N) is 2. The number of ether oxygens (including phenoxy) is 1. The van der Waals surface area contributed by atoms with Gasteiger partial charge in [0.1, 0.15) is 0 Å². The molecule has 1 aromatic carbocycles. The number of aliphatic imine (C=N–C) groups is 1. The number of carbonyl (C=O) groups excluding carboxylic acids is 1. The van der Waals surface area contributed by atoms with Crippen molar-refractivity contribution in [3.05, 3.63) is 23.8 Å². The Balaban J connectivity index is 1.69. The Morgan fingerprint density at radius 1 is 1.38 bits per heavy atom. The number of hydrogen-bond donors (Lipinski definition) is 2. The molecule has 0 radical (unpaired) electrons. The van der Waals surface area contributed by atoms with Crippen molar-refractivity contribution >= 4 is 38.5 Å². The Labute approximate surface area is 157 Å². The van der Waals surface area contributed by atoms with Crippen molar-refractivity contribution in [2.45, 2.75) is 11.8 Å². The maximum absolute atomic E-state index is 12.9. The lowest BCUT2D eigenvalue weighted by Gasteiger charge is -2.26. The van der Waals surface area contributed by atoms with Gasteiger partial charge in [-0.1, -0.05) is 17.8 Å². The van der Waals surface area contributed by atoms with E-state index in [-0.39, 0.29) is 16.6 Å². The van der Waals surface area contributed by atoms with Crippen molar-refractivity contribution in [3.8, 4) is 0 Å². The molecule has 8 nitrogen and oxygen atoms in total. The molecule has 10 heteroatoms. The maximum Gasteiger partial charge on any atom is 0.243 e. The number of rotatable bonds is 5. The summed E-state index contributed by atoms with van der Waals surface area (Å²) in [6.07, 6.45) is 0. The first-order chi connectivity index (χ1) is 12.5. The van der Waals surface area contributed by atoms with Crippen LogP contribution in [0.25, 0.3) is 0 Å². The quantitative estimate of drug-likeness (QED) is 0.755. The normalized spacial score (nSPS) is 18.3. The van der Waals surface area contributed by atoms with Crippen LogP contribution >= 0.6 is 11.8 Å². The molecular weight excluding hydrogens is 376 g/mol. The average molecular weight is 399 g/mol. The van der Waals surface area contributed by atoms with Crippen LogP contribution in [0.3, 0.4) is 0 Å². The lowest BCUT2D eigenvalue weighted by Crippen LogP contribution is -2.40. The number of nitrogens with zero attached hydrogens (tertiary/aromatic N) is 2. The Bertz CT molecular complexity index is 804. The van der Waals surface area contributed by atoms with Crippen LogP contribution in [0.4, 0.5) is 5.69 Å². The van der Waals surface area contributed by atoms with Gasteiger partial charge < -0.3 is 15.4 Å². The number of carbonyl (C=O) groups is 1. The van der Waals surface area contributed by atoms with E-state index < -0.39 is 10.0 Å². The summed E-state index contributed by atoms with van der Waals surface area (Å²) in [6.45, 7) is 4.73. The summed E-state index contributed by atoms with van der Waals surface area (Å²) in [5, 5.41) is 6.61. The second-order valence-corrected chi connectivity index (χ2v) is 8.82. The van der Waals surface area contributed by atoms with Crippen LogP contribution in [0, 0.1) is 6.92 Å². The second-order valence-electron chi connectivity index (χ2n) is 5.95. The minimum absolute atomic E-state index is 0.204. The number of benzene rings is 1. The number of aryl methyl sites for hydroxylation is 1. The molecule has 0 atom stereocenters. The summed E-state index contributed by atoms with van der Waals surface area (Å²) in [7, 11) is -3.61. The largest absolute Gasteiger partial charge is 0.379 e. The molecular formula is C16H22N4O4S2. The lowest BCUT2D eigenvalue weighted by atomic mass is 10.2. The van der Waals surface area contributed by atoms with E-state index >= 15 is 0 Å². The fourth-order valence-electron chi connectivity index (χ4n) is 2.69. The van der Waals surface area contributed by atoms with Crippen molar-refractivity contribution in [3.63, 3.8) is 0 Å². The first kappa shape index (κ1) is 19.2. The Kier molecular flexibility index (Phi) is 6.17. The molecule has 1 saturated heterocycles. The average Bonchev–Trinajstić information content (AvgIpc) is 3.16. The highest BCUT2D eigenvalue weighted by molar-refractivity contribution is 8.14. The van der Waals surface area contributed by atoms with Crippen LogP contribution in [0.5, 0.6) is 0 Å². The maximum atomic E-state index is 12.9. The van der Waals surface area contributed by atoms with Gasteiger partial charge in [-0.15, -0.1) is 0 Å². The van der Waals surface area contributed by atoms with E-state index in [9.17, 15) is 13.2 Å².